The van der Waals surface area contributed by atoms with E-state index in [1.807, 2.05) is 0 Å². The maximum Gasteiger partial charge on any atom is 0.252 e. The smallest absolute Gasteiger partial charge is 0.252 e. The van der Waals surface area contributed by atoms with Gasteiger partial charge in [0.15, 0.2) is 0 Å². The summed E-state index contributed by atoms with van der Waals surface area (Å²) in [5.74, 6) is 1.34. The Balaban J connectivity index is 1.89. The van der Waals surface area contributed by atoms with E-state index in [0.29, 0.717) is 12.1 Å². The van der Waals surface area contributed by atoms with Gasteiger partial charge in [0.25, 0.3) is 5.91 Å². The molecule has 110 valence electrons. The van der Waals surface area contributed by atoms with Crippen LogP contribution in [-0.4, -0.2) is 56.7 Å². The van der Waals surface area contributed by atoms with Gasteiger partial charge in [0.05, 0.1) is 5.56 Å². The van der Waals surface area contributed by atoms with E-state index in [2.05, 4.69) is 29.0 Å². The van der Waals surface area contributed by atoms with Crippen molar-refractivity contribution in [3.05, 3.63) is 30.1 Å². The molecule has 5 nitrogen and oxygen atoms in total. The molecule has 0 bridgehead atoms. The van der Waals surface area contributed by atoms with Crippen LogP contribution in [0.3, 0.4) is 0 Å². The number of aromatic nitrogens is 1. The highest BCUT2D eigenvalue weighted by molar-refractivity contribution is 7.85. The predicted octanol–water partition coefficient (Wildman–Crippen LogP) is 0.654. The van der Waals surface area contributed by atoms with Crippen LogP contribution in [0.1, 0.15) is 24.2 Å². The third kappa shape index (κ3) is 3.86. The van der Waals surface area contributed by atoms with Crippen LogP contribution in [0.4, 0.5) is 0 Å². The molecule has 0 saturated carbocycles. The summed E-state index contributed by atoms with van der Waals surface area (Å²) in [6, 6.07) is 3.50. The first-order valence-electron chi connectivity index (χ1n) is 6.77. The van der Waals surface area contributed by atoms with Gasteiger partial charge in [0.2, 0.25) is 0 Å². The number of rotatable bonds is 4. The molecule has 0 spiro atoms. The summed E-state index contributed by atoms with van der Waals surface area (Å²) >= 11 is 0. The fraction of sp³-hybridized carbons (Fsp3) is 0.571. The number of nitrogens with zero attached hydrogens (tertiary/aromatic N) is 2. The minimum absolute atomic E-state index is 0.105. The molecule has 1 aromatic rings. The normalized spacial score (nSPS) is 17.9. The lowest BCUT2D eigenvalue weighted by Crippen LogP contribution is -2.55. The zero-order valence-electron chi connectivity index (χ0n) is 12.0. The number of nitrogens with one attached hydrogen (secondary N) is 1. The van der Waals surface area contributed by atoms with Gasteiger partial charge in [-0.25, -0.2) is 0 Å². The van der Waals surface area contributed by atoms with E-state index in [1.165, 1.54) is 0 Å². The first-order chi connectivity index (χ1) is 9.49. The largest absolute Gasteiger partial charge is 0.350 e. The Morgan fingerprint density at radius 2 is 2.15 bits per heavy atom. The monoisotopic (exact) mass is 295 g/mol. The average molecular weight is 295 g/mol. The molecule has 6 heteroatoms. The minimum Gasteiger partial charge on any atom is -0.350 e. The van der Waals surface area contributed by atoms with E-state index >= 15 is 0 Å². The third-order valence-electron chi connectivity index (χ3n) is 3.64. The molecule has 20 heavy (non-hydrogen) atoms. The molecule has 0 radical (unpaired) electrons. The summed E-state index contributed by atoms with van der Waals surface area (Å²) in [7, 11) is -0.675. The number of carbonyl (C=O) groups is 1. The zero-order chi connectivity index (χ0) is 14.6. The molecule has 1 amide bonds. The second kappa shape index (κ2) is 6.45. The molecule has 1 aliphatic heterocycles. The second-order valence-corrected chi connectivity index (χ2v) is 7.27. The van der Waals surface area contributed by atoms with E-state index in [0.717, 1.165) is 24.6 Å². The van der Waals surface area contributed by atoms with Crippen LogP contribution >= 0.6 is 0 Å². The van der Waals surface area contributed by atoms with E-state index in [1.54, 1.807) is 24.5 Å². The highest BCUT2D eigenvalue weighted by Crippen LogP contribution is 2.16. The van der Waals surface area contributed by atoms with Gasteiger partial charge in [0.1, 0.15) is 0 Å². The topological polar surface area (TPSA) is 62.3 Å². The van der Waals surface area contributed by atoms with Crippen molar-refractivity contribution >= 4 is 16.7 Å². The maximum absolute atomic E-state index is 12.0. The summed E-state index contributed by atoms with van der Waals surface area (Å²) in [6.07, 6.45) is 3.21. The van der Waals surface area contributed by atoms with Gasteiger partial charge in [-0.05, 0) is 26.0 Å². The zero-order valence-corrected chi connectivity index (χ0v) is 12.8. The first-order valence-corrected chi connectivity index (χ1v) is 8.26. The summed E-state index contributed by atoms with van der Waals surface area (Å²) in [4.78, 5) is 18.2. The number of hydrogen-bond acceptors (Lipinski definition) is 4. The van der Waals surface area contributed by atoms with Gasteiger partial charge < -0.3 is 5.32 Å². The molecule has 2 heterocycles. The molecule has 1 saturated heterocycles. The molecule has 0 atom stereocenters. The Morgan fingerprint density at radius 3 is 2.75 bits per heavy atom. The lowest BCUT2D eigenvalue weighted by molar-refractivity contribution is 0.0883. The van der Waals surface area contributed by atoms with Gasteiger partial charge >= 0.3 is 0 Å². The van der Waals surface area contributed by atoms with Gasteiger partial charge in [0, 0.05) is 59.9 Å². The molecule has 0 aromatic carbocycles. The van der Waals surface area contributed by atoms with Crippen molar-refractivity contribution in [2.24, 2.45) is 0 Å². The fourth-order valence-electron chi connectivity index (χ4n) is 2.25. The van der Waals surface area contributed by atoms with Gasteiger partial charge in [-0.3, -0.25) is 18.9 Å². The van der Waals surface area contributed by atoms with Crippen LogP contribution in [0.25, 0.3) is 0 Å². The van der Waals surface area contributed by atoms with E-state index < -0.39 is 10.8 Å². The maximum atomic E-state index is 12.0. The Kier molecular flexibility index (Phi) is 4.88. The van der Waals surface area contributed by atoms with Crippen LogP contribution in [0.5, 0.6) is 0 Å². The van der Waals surface area contributed by atoms with Crippen molar-refractivity contribution < 1.29 is 9.00 Å². The van der Waals surface area contributed by atoms with Gasteiger partial charge in [-0.15, -0.1) is 0 Å². The summed E-state index contributed by atoms with van der Waals surface area (Å²) in [5.41, 5.74) is 0.436. The summed E-state index contributed by atoms with van der Waals surface area (Å²) in [5, 5.41) is 2.95. The Bertz CT molecular complexity index is 480. The van der Waals surface area contributed by atoms with Crippen LogP contribution < -0.4 is 5.32 Å². The van der Waals surface area contributed by atoms with E-state index in [9.17, 15) is 9.00 Å². The van der Waals surface area contributed by atoms with E-state index in [4.69, 9.17) is 0 Å². The number of carbonyl (C=O) groups excluding carboxylic acids is 1. The average Bonchev–Trinajstić information content (AvgIpc) is 2.46. The van der Waals surface area contributed by atoms with Crippen molar-refractivity contribution in [2.45, 2.75) is 19.4 Å². The molecule has 0 unspecified atom stereocenters. The van der Waals surface area contributed by atoms with Crippen LogP contribution in [-0.2, 0) is 10.8 Å². The van der Waals surface area contributed by atoms with Crippen molar-refractivity contribution in [3.63, 3.8) is 0 Å². The number of pyridine rings is 1. The standard InChI is InChI=1S/C14H21N3O2S/c1-14(2,17-6-8-20(19)9-7-17)11-16-13(18)12-4-3-5-15-10-12/h3-5,10H,6-9,11H2,1-2H3,(H,16,18). The van der Waals surface area contributed by atoms with Crippen molar-refractivity contribution in [3.8, 4) is 0 Å². The molecule has 1 aliphatic rings. The Morgan fingerprint density at radius 1 is 1.45 bits per heavy atom. The van der Waals surface area contributed by atoms with Crippen LogP contribution in [0.15, 0.2) is 24.5 Å². The van der Waals surface area contributed by atoms with Crippen LogP contribution in [0, 0.1) is 0 Å². The van der Waals surface area contributed by atoms with Crippen molar-refractivity contribution in [2.75, 3.05) is 31.1 Å². The fourth-order valence-corrected chi connectivity index (χ4v) is 3.30. The minimum atomic E-state index is -0.675. The Hall–Kier alpha value is -1.27. The van der Waals surface area contributed by atoms with Crippen LogP contribution in [0.2, 0.25) is 0 Å². The molecule has 1 fully saturated rings. The first kappa shape index (κ1) is 15.1. The SMILES string of the molecule is CC(C)(CNC(=O)c1cccnc1)N1CCS(=O)CC1. The molecule has 1 aromatic heterocycles. The lowest BCUT2D eigenvalue weighted by atomic mass is 10.0. The third-order valence-corrected chi connectivity index (χ3v) is 4.91. The molecule has 0 aliphatic carbocycles. The molecular formula is C14H21N3O2S. The number of hydrogen-bond donors (Lipinski definition) is 1. The second-order valence-electron chi connectivity index (χ2n) is 5.57. The number of amides is 1. The highest BCUT2D eigenvalue weighted by atomic mass is 32.2. The molecular weight excluding hydrogens is 274 g/mol. The summed E-state index contributed by atoms with van der Waals surface area (Å²) < 4.78 is 11.4. The van der Waals surface area contributed by atoms with Crippen molar-refractivity contribution in [1.82, 2.24) is 15.2 Å². The lowest BCUT2D eigenvalue weighted by Gasteiger charge is -2.40. The van der Waals surface area contributed by atoms with Crippen molar-refractivity contribution in [1.29, 1.82) is 0 Å². The van der Waals surface area contributed by atoms with Gasteiger partial charge in [-0.1, -0.05) is 0 Å². The molecule has 2 rings (SSSR count). The molecule has 1 N–H and O–H groups in total. The highest BCUT2D eigenvalue weighted by Gasteiger charge is 2.30. The van der Waals surface area contributed by atoms with Gasteiger partial charge in [-0.2, -0.15) is 0 Å². The van der Waals surface area contributed by atoms with E-state index in [-0.39, 0.29) is 11.4 Å². The predicted molar refractivity (Wildman–Crippen MR) is 80.1 cm³/mol. The summed E-state index contributed by atoms with van der Waals surface area (Å²) in [6.45, 7) is 6.41. The Labute approximate surface area is 122 Å². The quantitative estimate of drug-likeness (QED) is 0.886.